The van der Waals surface area contributed by atoms with Crippen molar-refractivity contribution in [1.29, 1.82) is 0 Å². The van der Waals surface area contributed by atoms with E-state index in [0.717, 1.165) is 17.3 Å². The van der Waals surface area contributed by atoms with Crippen molar-refractivity contribution < 1.29 is 4.52 Å². The van der Waals surface area contributed by atoms with Crippen LogP contribution in [0.4, 0.5) is 0 Å². The summed E-state index contributed by atoms with van der Waals surface area (Å²) >= 11 is 0. The van der Waals surface area contributed by atoms with Gasteiger partial charge in [0, 0.05) is 30.8 Å². The van der Waals surface area contributed by atoms with Gasteiger partial charge in [-0.1, -0.05) is 35.5 Å². The van der Waals surface area contributed by atoms with E-state index in [1.807, 2.05) is 36.4 Å². The number of fused-ring (bicyclic) bond motifs is 4. The van der Waals surface area contributed by atoms with Crippen LogP contribution in [0.2, 0.25) is 0 Å². The SMILES string of the molecule is C1CN2CCC(CC2)N1.c1ccc(-c2ccon2)cc1. The molecule has 20 heavy (non-hydrogen) atoms. The Kier molecular flexibility index (Phi) is 4.46. The van der Waals surface area contributed by atoms with Gasteiger partial charge in [-0.25, -0.2) is 0 Å². The molecule has 3 fully saturated rings. The minimum Gasteiger partial charge on any atom is -0.364 e. The van der Waals surface area contributed by atoms with Crippen LogP contribution in [0.25, 0.3) is 11.3 Å². The van der Waals surface area contributed by atoms with Crippen molar-refractivity contribution in [3.8, 4) is 11.3 Å². The Balaban J connectivity index is 0.000000123. The maximum absolute atomic E-state index is 4.72. The Hall–Kier alpha value is -1.65. The molecule has 1 N–H and O–H groups in total. The second-order valence-electron chi connectivity index (χ2n) is 5.32. The minimum absolute atomic E-state index is 0.851. The summed E-state index contributed by atoms with van der Waals surface area (Å²) < 4.78 is 4.72. The molecule has 0 atom stereocenters. The molecule has 4 nitrogen and oxygen atoms in total. The molecule has 3 aliphatic heterocycles. The number of rotatable bonds is 1. The van der Waals surface area contributed by atoms with Gasteiger partial charge >= 0.3 is 0 Å². The van der Waals surface area contributed by atoms with Gasteiger partial charge in [0.25, 0.3) is 0 Å². The Morgan fingerprint density at radius 2 is 1.85 bits per heavy atom. The first-order valence-electron chi connectivity index (χ1n) is 7.33. The molecule has 5 rings (SSSR count). The van der Waals surface area contributed by atoms with Gasteiger partial charge in [-0.15, -0.1) is 0 Å². The lowest BCUT2D eigenvalue weighted by atomic mass is 10.1. The van der Waals surface area contributed by atoms with Crippen LogP contribution in [0.1, 0.15) is 12.8 Å². The number of piperidine rings is 1. The summed E-state index contributed by atoms with van der Waals surface area (Å²) in [6.07, 6.45) is 4.32. The average Bonchev–Trinajstić information content (AvgIpc) is 2.86. The summed E-state index contributed by atoms with van der Waals surface area (Å²) in [6, 6.07) is 12.6. The molecule has 1 aromatic carbocycles. The lowest BCUT2D eigenvalue weighted by Crippen LogP contribution is -2.34. The van der Waals surface area contributed by atoms with Gasteiger partial charge < -0.3 is 14.7 Å². The standard InChI is InChI=1S/C9H7NO.C7H14N2/c1-2-4-8(5-3-1)9-6-7-11-10-9;1-4-9-5-2-7(1)8-3-6-9/h1-7H;7-8H,1-6H2. The highest BCUT2D eigenvalue weighted by molar-refractivity contribution is 5.57. The summed E-state index contributed by atoms with van der Waals surface area (Å²) in [6.45, 7) is 5.15. The van der Waals surface area contributed by atoms with Crippen molar-refractivity contribution >= 4 is 0 Å². The molecule has 0 amide bonds. The maximum atomic E-state index is 4.72. The molecule has 3 aliphatic rings. The highest BCUT2D eigenvalue weighted by atomic mass is 16.5. The first-order valence-corrected chi connectivity index (χ1v) is 7.33. The van der Waals surface area contributed by atoms with Crippen LogP contribution in [0.15, 0.2) is 47.2 Å². The fourth-order valence-electron chi connectivity index (χ4n) is 2.76. The van der Waals surface area contributed by atoms with E-state index < -0.39 is 0 Å². The number of hydrogen-bond acceptors (Lipinski definition) is 4. The van der Waals surface area contributed by atoms with Crippen molar-refractivity contribution in [2.75, 3.05) is 26.2 Å². The Labute approximate surface area is 119 Å². The first-order chi connectivity index (χ1) is 9.92. The third-order valence-electron chi connectivity index (χ3n) is 3.96. The van der Waals surface area contributed by atoms with E-state index in [1.54, 1.807) is 6.26 Å². The number of benzene rings is 1. The molecule has 0 saturated carbocycles. The van der Waals surface area contributed by atoms with Gasteiger partial charge in [-0.05, 0) is 25.9 Å². The van der Waals surface area contributed by atoms with Gasteiger partial charge in [0.05, 0.1) is 0 Å². The largest absolute Gasteiger partial charge is 0.364 e. The van der Waals surface area contributed by atoms with E-state index in [9.17, 15) is 0 Å². The minimum atomic E-state index is 0.851. The van der Waals surface area contributed by atoms with Crippen molar-refractivity contribution in [3.05, 3.63) is 42.7 Å². The van der Waals surface area contributed by atoms with Crippen LogP contribution in [0, 0.1) is 0 Å². The zero-order valence-corrected chi connectivity index (χ0v) is 11.7. The van der Waals surface area contributed by atoms with E-state index in [-0.39, 0.29) is 0 Å². The fraction of sp³-hybridized carbons (Fsp3) is 0.438. The lowest BCUT2D eigenvalue weighted by Gasteiger charge is -2.25. The summed E-state index contributed by atoms with van der Waals surface area (Å²) in [5.41, 5.74) is 1.96. The predicted octanol–water partition coefficient (Wildman–Crippen LogP) is 2.40. The highest BCUT2D eigenvalue weighted by Crippen LogP contribution is 2.15. The Bertz CT molecular complexity index is 472. The van der Waals surface area contributed by atoms with E-state index >= 15 is 0 Å². The summed E-state index contributed by atoms with van der Waals surface area (Å²) in [4.78, 5) is 2.55. The average molecular weight is 271 g/mol. The predicted molar refractivity (Wildman–Crippen MR) is 79.4 cm³/mol. The fourth-order valence-corrected chi connectivity index (χ4v) is 2.76. The molecule has 0 aliphatic carbocycles. The van der Waals surface area contributed by atoms with E-state index in [4.69, 9.17) is 4.52 Å². The molecule has 2 aromatic rings. The third kappa shape index (κ3) is 3.46. The molecule has 106 valence electrons. The molecular weight excluding hydrogens is 250 g/mol. The van der Waals surface area contributed by atoms with Crippen LogP contribution in [-0.2, 0) is 0 Å². The number of aromatic nitrogens is 1. The van der Waals surface area contributed by atoms with Crippen LogP contribution in [0.3, 0.4) is 0 Å². The van der Waals surface area contributed by atoms with Crippen LogP contribution in [0.5, 0.6) is 0 Å². The molecule has 4 heteroatoms. The van der Waals surface area contributed by atoms with Gasteiger partial charge in [0.2, 0.25) is 0 Å². The lowest BCUT2D eigenvalue weighted by molar-refractivity contribution is 0.247. The van der Waals surface area contributed by atoms with Crippen molar-refractivity contribution in [3.63, 3.8) is 0 Å². The van der Waals surface area contributed by atoms with E-state index in [1.165, 1.54) is 39.0 Å². The summed E-state index contributed by atoms with van der Waals surface area (Å²) in [5.74, 6) is 0. The smallest absolute Gasteiger partial charge is 0.124 e. The molecular formula is C16H21N3O. The second-order valence-corrected chi connectivity index (χ2v) is 5.32. The maximum Gasteiger partial charge on any atom is 0.124 e. The first kappa shape index (κ1) is 13.3. The van der Waals surface area contributed by atoms with Gasteiger partial charge in [-0.3, -0.25) is 0 Å². The molecule has 3 saturated heterocycles. The molecule has 2 bridgehead atoms. The molecule has 1 aromatic heterocycles. The summed E-state index contributed by atoms with van der Waals surface area (Å²) in [5, 5.41) is 7.34. The monoisotopic (exact) mass is 271 g/mol. The number of hydrogen-bond donors (Lipinski definition) is 1. The van der Waals surface area contributed by atoms with Crippen molar-refractivity contribution in [1.82, 2.24) is 15.4 Å². The van der Waals surface area contributed by atoms with E-state index in [2.05, 4.69) is 15.4 Å². The number of nitrogens with zero attached hydrogens (tertiary/aromatic N) is 2. The Morgan fingerprint density at radius 1 is 1.05 bits per heavy atom. The zero-order chi connectivity index (χ0) is 13.6. The van der Waals surface area contributed by atoms with Gasteiger partial charge in [-0.2, -0.15) is 0 Å². The normalized spacial score (nSPS) is 24.6. The van der Waals surface area contributed by atoms with Crippen molar-refractivity contribution in [2.45, 2.75) is 18.9 Å². The second kappa shape index (κ2) is 6.68. The third-order valence-corrected chi connectivity index (χ3v) is 3.96. The zero-order valence-electron chi connectivity index (χ0n) is 11.7. The topological polar surface area (TPSA) is 41.3 Å². The molecule has 0 unspecified atom stereocenters. The van der Waals surface area contributed by atoms with E-state index in [0.29, 0.717) is 0 Å². The Morgan fingerprint density at radius 3 is 2.55 bits per heavy atom. The van der Waals surface area contributed by atoms with Crippen LogP contribution in [-0.4, -0.2) is 42.3 Å². The van der Waals surface area contributed by atoms with Crippen LogP contribution >= 0.6 is 0 Å². The molecule has 0 radical (unpaired) electrons. The van der Waals surface area contributed by atoms with Crippen molar-refractivity contribution in [2.24, 2.45) is 0 Å². The van der Waals surface area contributed by atoms with Gasteiger partial charge in [0.1, 0.15) is 12.0 Å². The quantitative estimate of drug-likeness (QED) is 0.864. The van der Waals surface area contributed by atoms with Crippen LogP contribution < -0.4 is 5.32 Å². The van der Waals surface area contributed by atoms with Gasteiger partial charge in [0.15, 0.2) is 0 Å². The highest BCUT2D eigenvalue weighted by Gasteiger charge is 2.21. The summed E-state index contributed by atoms with van der Waals surface area (Å²) in [7, 11) is 0. The number of nitrogens with one attached hydrogen (secondary N) is 1. The molecule has 0 spiro atoms. The molecule has 4 heterocycles.